The van der Waals surface area contributed by atoms with Crippen LogP contribution < -0.4 is 4.90 Å². The van der Waals surface area contributed by atoms with Crippen molar-refractivity contribution in [2.24, 2.45) is 0 Å². The number of Topliss-reactive ketones (excluding diaryl/α,β-unsaturated/α-hetero) is 1. The van der Waals surface area contributed by atoms with Crippen molar-refractivity contribution in [1.29, 1.82) is 0 Å². The van der Waals surface area contributed by atoms with E-state index in [-0.39, 0.29) is 29.9 Å². The fourth-order valence-corrected chi connectivity index (χ4v) is 5.06. The van der Waals surface area contributed by atoms with Gasteiger partial charge in [-0.3, -0.25) is 9.78 Å². The van der Waals surface area contributed by atoms with Crippen molar-refractivity contribution in [3.05, 3.63) is 71.9 Å². The Morgan fingerprint density at radius 2 is 1.95 bits per heavy atom. The van der Waals surface area contributed by atoms with Crippen molar-refractivity contribution >= 4 is 22.6 Å². The molecule has 222 valence electrons. The summed E-state index contributed by atoms with van der Waals surface area (Å²) in [7, 11) is 0. The number of aryl methyl sites for hydroxylation is 1. The second-order valence-corrected chi connectivity index (χ2v) is 11.8. The van der Waals surface area contributed by atoms with Crippen LogP contribution in [0.2, 0.25) is 0 Å². The molecule has 0 amide bonds. The highest BCUT2D eigenvalue weighted by molar-refractivity contribution is 5.93. The fraction of sp³-hybridized carbons (Fsp3) is 0.355. The smallest absolute Gasteiger partial charge is 0.238 e. The number of imidazole rings is 1. The van der Waals surface area contributed by atoms with E-state index in [0.29, 0.717) is 59.2 Å². The Morgan fingerprint density at radius 1 is 1.12 bits per heavy atom. The van der Waals surface area contributed by atoms with Crippen LogP contribution in [0.3, 0.4) is 0 Å². The van der Waals surface area contributed by atoms with Crippen LogP contribution in [0.1, 0.15) is 55.7 Å². The Labute approximate surface area is 246 Å². The van der Waals surface area contributed by atoms with E-state index in [1.807, 2.05) is 37.8 Å². The number of pyridine rings is 2. The minimum Gasteiger partial charge on any atom is -0.390 e. The number of ketones is 1. The lowest BCUT2D eigenvalue weighted by molar-refractivity contribution is 0.00801. The molecule has 1 aliphatic rings. The van der Waals surface area contributed by atoms with E-state index in [1.165, 1.54) is 6.07 Å². The van der Waals surface area contributed by atoms with Gasteiger partial charge in [-0.1, -0.05) is 38.1 Å². The number of aromatic nitrogens is 6. The number of halogens is 1. The molecule has 0 radical (unpaired) electrons. The number of aliphatic hydroxyl groups is 2. The SMILES string of the molecule is CC(C)(C)c1nc(C(=O)CCc2ccc(-c3ccnc4nc(-c5ccc(N6CC[C@H](O)[C@@H](O)C6)cn5)[nH]c34)cc2F)no1. The van der Waals surface area contributed by atoms with Crippen molar-refractivity contribution in [2.45, 2.75) is 57.7 Å². The Morgan fingerprint density at radius 3 is 2.65 bits per heavy atom. The number of carbonyl (C=O) groups excluding carboxylic acids is 1. The topological polar surface area (TPSA) is 154 Å². The number of fused-ring (bicyclic) bond motifs is 1. The number of piperidine rings is 1. The predicted molar refractivity (Wildman–Crippen MR) is 157 cm³/mol. The summed E-state index contributed by atoms with van der Waals surface area (Å²) in [4.78, 5) is 35.6. The summed E-state index contributed by atoms with van der Waals surface area (Å²) >= 11 is 0. The Kier molecular flexibility index (Phi) is 7.49. The molecule has 4 aromatic heterocycles. The third-order valence-electron chi connectivity index (χ3n) is 7.60. The maximum atomic E-state index is 15.2. The average Bonchev–Trinajstić information content (AvgIpc) is 3.66. The van der Waals surface area contributed by atoms with Gasteiger partial charge in [0, 0.05) is 36.7 Å². The molecule has 0 unspecified atom stereocenters. The van der Waals surface area contributed by atoms with Gasteiger partial charge in [-0.25, -0.2) is 14.4 Å². The first-order chi connectivity index (χ1) is 20.6. The number of β-amino-alcohol motifs (C(OH)–C–C–N with tert-alkyl or cyclic N) is 1. The molecule has 5 aromatic rings. The first-order valence-corrected chi connectivity index (χ1v) is 14.2. The molecule has 5 heterocycles. The maximum Gasteiger partial charge on any atom is 0.238 e. The number of H-pyrrole nitrogens is 1. The van der Waals surface area contributed by atoms with E-state index in [0.717, 1.165) is 11.3 Å². The minimum absolute atomic E-state index is 0.00504. The summed E-state index contributed by atoms with van der Waals surface area (Å²) in [5, 5.41) is 23.6. The van der Waals surface area contributed by atoms with Gasteiger partial charge in [0.05, 0.1) is 29.6 Å². The molecule has 0 bridgehead atoms. The number of rotatable bonds is 7. The predicted octanol–water partition coefficient (Wildman–Crippen LogP) is 4.25. The molecule has 3 N–H and O–H groups in total. The number of hydrogen-bond acceptors (Lipinski definition) is 10. The number of benzene rings is 1. The standard InChI is InChI=1S/C31H32FN7O4/c1-31(2,3)30-37-28(38-43-30)24(41)9-6-17-4-5-18(14-21(17)32)20-10-12-33-29-26(20)35-27(36-29)22-8-7-19(15-34-22)39-13-11-23(40)25(42)16-39/h4-5,7-8,10,12,14-15,23,25,40,42H,6,9,11,13,16H2,1-3H3,(H,33,35,36)/t23-,25-/m0/s1. The summed E-state index contributed by atoms with van der Waals surface area (Å²) in [5.41, 5.74) is 3.96. The van der Waals surface area contributed by atoms with E-state index in [9.17, 15) is 15.0 Å². The van der Waals surface area contributed by atoms with Gasteiger partial charge >= 0.3 is 0 Å². The molecule has 0 saturated carbocycles. The molecule has 1 aromatic carbocycles. The monoisotopic (exact) mass is 585 g/mol. The highest BCUT2D eigenvalue weighted by Crippen LogP contribution is 2.30. The normalized spacial score (nSPS) is 17.5. The molecule has 43 heavy (non-hydrogen) atoms. The van der Waals surface area contributed by atoms with Crippen LogP contribution in [0.15, 0.2) is 53.3 Å². The van der Waals surface area contributed by atoms with Crippen molar-refractivity contribution < 1.29 is 23.9 Å². The number of aromatic amines is 1. The summed E-state index contributed by atoms with van der Waals surface area (Å²) < 4.78 is 20.4. The van der Waals surface area contributed by atoms with Crippen LogP contribution in [0.25, 0.3) is 33.8 Å². The number of carbonyl (C=O) groups is 1. The van der Waals surface area contributed by atoms with Gasteiger partial charge in [0.15, 0.2) is 11.5 Å². The molecule has 12 heteroatoms. The summed E-state index contributed by atoms with van der Waals surface area (Å²) in [6, 6.07) is 10.4. The summed E-state index contributed by atoms with van der Waals surface area (Å²) in [6.45, 7) is 6.70. The molecule has 1 aliphatic heterocycles. The lowest BCUT2D eigenvalue weighted by Crippen LogP contribution is -2.46. The first kappa shape index (κ1) is 28.6. The molecule has 0 spiro atoms. The zero-order valence-electron chi connectivity index (χ0n) is 24.1. The summed E-state index contributed by atoms with van der Waals surface area (Å²) in [5.74, 6) is 0.167. The van der Waals surface area contributed by atoms with Gasteiger partial charge in [-0.05, 0) is 48.2 Å². The van der Waals surface area contributed by atoms with E-state index in [2.05, 4.69) is 30.1 Å². The molecule has 1 fully saturated rings. The molecule has 1 saturated heterocycles. The van der Waals surface area contributed by atoms with Crippen LogP contribution in [0.5, 0.6) is 0 Å². The first-order valence-electron chi connectivity index (χ1n) is 14.2. The van der Waals surface area contributed by atoms with Crippen LogP contribution in [0, 0.1) is 5.82 Å². The molecular formula is C31H32FN7O4. The van der Waals surface area contributed by atoms with E-state index >= 15 is 4.39 Å². The van der Waals surface area contributed by atoms with Crippen molar-refractivity contribution in [1.82, 2.24) is 30.1 Å². The van der Waals surface area contributed by atoms with Crippen LogP contribution in [0.4, 0.5) is 10.1 Å². The molecule has 11 nitrogen and oxygen atoms in total. The zero-order valence-corrected chi connectivity index (χ0v) is 24.1. The van der Waals surface area contributed by atoms with Crippen LogP contribution in [-0.2, 0) is 11.8 Å². The van der Waals surface area contributed by atoms with E-state index < -0.39 is 18.0 Å². The second kappa shape index (κ2) is 11.3. The minimum atomic E-state index is -0.798. The van der Waals surface area contributed by atoms with Crippen molar-refractivity contribution in [2.75, 3.05) is 18.0 Å². The third kappa shape index (κ3) is 5.88. The lowest BCUT2D eigenvalue weighted by Gasteiger charge is -2.34. The van der Waals surface area contributed by atoms with Crippen molar-refractivity contribution in [3.63, 3.8) is 0 Å². The van der Waals surface area contributed by atoms with Crippen LogP contribution >= 0.6 is 0 Å². The Balaban J connectivity index is 1.18. The number of hydrogen-bond donors (Lipinski definition) is 3. The van der Waals surface area contributed by atoms with E-state index in [4.69, 9.17) is 4.52 Å². The molecular weight excluding hydrogens is 553 g/mol. The van der Waals surface area contributed by atoms with Gasteiger partial charge in [0.2, 0.25) is 17.5 Å². The quantitative estimate of drug-likeness (QED) is 0.236. The lowest BCUT2D eigenvalue weighted by atomic mass is 9.97. The second-order valence-electron chi connectivity index (χ2n) is 11.8. The Bertz CT molecular complexity index is 1780. The van der Waals surface area contributed by atoms with Crippen molar-refractivity contribution in [3.8, 4) is 22.6 Å². The largest absolute Gasteiger partial charge is 0.390 e. The van der Waals surface area contributed by atoms with Gasteiger partial charge < -0.3 is 24.6 Å². The maximum absolute atomic E-state index is 15.2. The van der Waals surface area contributed by atoms with Crippen LogP contribution in [-0.4, -0.2) is 71.4 Å². The van der Waals surface area contributed by atoms with Gasteiger partial charge in [-0.2, -0.15) is 4.98 Å². The number of nitrogens with zero attached hydrogens (tertiary/aromatic N) is 6. The van der Waals surface area contributed by atoms with Gasteiger partial charge in [0.25, 0.3) is 0 Å². The summed E-state index contributed by atoms with van der Waals surface area (Å²) in [6.07, 6.45) is 2.56. The average molecular weight is 586 g/mol. The number of anilines is 1. The highest BCUT2D eigenvalue weighted by atomic mass is 19.1. The number of nitrogens with one attached hydrogen (secondary N) is 1. The molecule has 6 rings (SSSR count). The molecule has 2 atom stereocenters. The highest BCUT2D eigenvalue weighted by Gasteiger charge is 2.27. The van der Waals surface area contributed by atoms with Gasteiger partial charge in [-0.15, -0.1) is 0 Å². The van der Waals surface area contributed by atoms with Gasteiger partial charge in [0.1, 0.15) is 11.5 Å². The zero-order chi connectivity index (χ0) is 30.3. The fourth-order valence-electron chi connectivity index (χ4n) is 5.06. The number of aliphatic hydroxyl groups excluding tert-OH is 2. The Hall–Kier alpha value is -4.55. The third-order valence-corrected chi connectivity index (χ3v) is 7.60. The van der Waals surface area contributed by atoms with E-state index in [1.54, 1.807) is 30.6 Å². The molecule has 0 aliphatic carbocycles.